The largest absolute Gasteiger partial charge is 0.382 e. The summed E-state index contributed by atoms with van der Waals surface area (Å²) < 4.78 is 0. The second kappa shape index (κ2) is 5.95. The van der Waals surface area contributed by atoms with E-state index < -0.39 is 0 Å². The molecule has 0 aliphatic carbocycles. The maximum atomic E-state index is 9.25. The molecule has 0 fully saturated rings. The standard InChI is InChI=1S/C17H12ClN5/c18-14-4-2-1-3-12(14)10-5-7-11(8-6-10)15-13(9-19)16(20)23-17(21)22-15/h1-8H,(H4,20,21,22,23). The third-order valence-corrected chi connectivity index (χ3v) is 3.74. The predicted molar refractivity (Wildman–Crippen MR) is 91.5 cm³/mol. The molecule has 0 atom stereocenters. The van der Waals surface area contributed by atoms with Gasteiger partial charge in [-0.15, -0.1) is 0 Å². The van der Waals surface area contributed by atoms with E-state index in [1.54, 1.807) is 0 Å². The topological polar surface area (TPSA) is 102 Å². The van der Waals surface area contributed by atoms with Gasteiger partial charge in [-0.25, -0.2) is 4.98 Å². The molecular formula is C17H12ClN5. The minimum atomic E-state index is 0.0340. The summed E-state index contributed by atoms with van der Waals surface area (Å²) in [6, 6.07) is 17.1. The molecule has 0 saturated heterocycles. The van der Waals surface area contributed by atoms with Crippen molar-refractivity contribution in [3.8, 4) is 28.5 Å². The maximum absolute atomic E-state index is 9.25. The van der Waals surface area contributed by atoms with E-state index in [4.69, 9.17) is 23.1 Å². The molecule has 1 heterocycles. The average Bonchev–Trinajstić information content (AvgIpc) is 2.55. The van der Waals surface area contributed by atoms with E-state index in [-0.39, 0.29) is 17.3 Å². The summed E-state index contributed by atoms with van der Waals surface area (Å²) in [5, 5.41) is 9.93. The SMILES string of the molecule is N#Cc1c(N)nc(N)nc1-c1ccc(-c2ccccc2Cl)cc1. The Morgan fingerprint density at radius 2 is 1.57 bits per heavy atom. The molecule has 0 spiro atoms. The lowest BCUT2D eigenvalue weighted by molar-refractivity contribution is 1.18. The van der Waals surface area contributed by atoms with E-state index in [1.807, 2.05) is 54.6 Å². The number of hydrogen-bond donors (Lipinski definition) is 2. The molecule has 23 heavy (non-hydrogen) atoms. The quantitative estimate of drug-likeness (QED) is 0.752. The number of nitrogens with zero attached hydrogens (tertiary/aromatic N) is 3. The lowest BCUT2D eigenvalue weighted by Gasteiger charge is -2.08. The number of hydrogen-bond acceptors (Lipinski definition) is 5. The van der Waals surface area contributed by atoms with Crippen molar-refractivity contribution in [2.24, 2.45) is 0 Å². The number of nitriles is 1. The van der Waals surface area contributed by atoms with E-state index >= 15 is 0 Å². The van der Waals surface area contributed by atoms with Crippen molar-refractivity contribution < 1.29 is 0 Å². The minimum Gasteiger partial charge on any atom is -0.382 e. The minimum absolute atomic E-state index is 0.0340. The summed E-state index contributed by atoms with van der Waals surface area (Å²) in [6.07, 6.45) is 0. The molecule has 3 aromatic rings. The first-order valence-electron chi connectivity index (χ1n) is 6.78. The van der Waals surface area contributed by atoms with Gasteiger partial charge in [0.25, 0.3) is 0 Å². The molecule has 0 saturated carbocycles. The molecule has 0 aliphatic rings. The normalized spacial score (nSPS) is 10.3. The maximum Gasteiger partial charge on any atom is 0.222 e. The Morgan fingerprint density at radius 3 is 2.22 bits per heavy atom. The number of nitrogen functional groups attached to an aromatic ring is 2. The summed E-state index contributed by atoms with van der Waals surface area (Å²) in [5.41, 5.74) is 14.6. The van der Waals surface area contributed by atoms with Crippen LogP contribution in [0.25, 0.3) is 22.4 Å². The van der Waals surface area contributed by atoms with Crippen LogP contribution in [0.2, 0.25) is 5.02 Å². The van der Waals surface area contributed by atoms with Crippen molar-refractivity contribution in [3.63, 3.8) is 0 Å². The van der Waals surface area contributed by atoms with E-state index in [1.165, 1.54) is 0 Å². The highest BCUT2D eigenvalue weighted by molar-refractivity contribution is 6.33. The summed E-state index contributed by atoms with van der Waals surface area (Å²) in [7, 11) is 0. The Labute approximate surface area is 138 Å². The lowest BCUT2D eigenvalue weighted by Crippen LogP contribution is -2.04. The van der Waals surface area contributed by atoms with Gasteiger partial charge < -0.3 is 11.5 Å². The zero-order valence-electron chi connectivity index (χ0n) is 12.0. The molecule has 0 radical (unpaired) electrons. The number of rotatable bonds is 2. The van der Waals surface area contributed by atoms with Crippen molar-refractivity contribution in [1.29, 1.82) is 5.26 Å². The monoisotopic (exact) mass is 321 g/mol. The Morgan fingerprint density at radius 1 is 0.913 bits per heavy atom. The van der Waals surface area contributed by atoms with Crippen LogP contribution in [0.3, 0.4) is 0 Å². The van der Waals surface area contributed by atoms with Gasteiger partial charge in [0.1, 0.15) is 17.5 Å². The third kappa shape index (κ3) is 2.80. The van der Waals surface area contributed by atoms with Crippen LogP contribution in [0.1, 0.15) is 5.56 Å². The summed E-state index contributed by atoms with van der Waals surface area (Å²) in [5.74, 6) is 0.108. The second-order valence-electron chi connectivity index (χ2n) is 4.86. The van der Waals surface area contributed by atoms with Crippen LogP contribution in [0.15, 0.2) is 48.5 Å². The molecule has 5 nitrogen and oxygen atoms in total. The van der Waals surface area contributed by atoms with Crippen LogP contribution in [0.5, 0.6) is 0 Å². The van der Waals surface area contributed by atoms with Crippen molar-refractivity contribution in [2.75, 3.05) is 11.5 Å². The molecule has 112 valence electrons. The van der Waals surface area contributed by atoms with Crippen LogP contribution in [0.4, 0.5) is 11.8 Å². The van der Waals surface area contributed by atoms with E-state index in [0.29, 0.717) is 10.7 Å². The van der Waals surface area contributed by atoms with Gasteiger partial charge in [-0.05, 0) is 11.6 Å². The van der Waals surface area contributed by atoms with Crippen molar-refractivity contribution in [3.05, 3.63) is 59.1 Å². The Bertz CT molecular complexity index is 913. The van der Waals surface area contributed by atoms with Gasteiger partial charge >= 0.3 is 0 Å². The smallest absolute Gasteiger partial charge is 0.222 e. The molecule has 6 heteroatoms. The van der Waals surface area contributed by atoms with Gasteiger partial charge in [-0.2, -0.15) is 10.2 Å². The fourth-order valence-corrected chi connectivity index (χ4v) is 2.56. The van der Waals surface area contributed by atoms with Gasteiger partial charge in [0, 0.05) is 16.1 Å². The molecular weight excluding hydrogens is 310 g/mol. The van der Waals surface area contributed by atoms with Gasteiger partial charge in [-0.3, -0.25) is 0 Å². The first-order valence-corrected chi connectivity index (χ1v) is 7.16. The van der Waals surface area contributed by atoms with Crippen LogP contribution in [-0.2, 0) is 0 Å². The zero-order chi connectivity index (χ0) is 16.4. The van der Waals surface area contributed by atoms with Gasteiger partial charge in [-0.1, -0.05) is 54.1 Å². The number of nitrogens with two attached hydrogens (primary N) is 2. The number of anilines is 2. The van der Waals surface area contributed by atoms with Crippen molar-refractivity contribution in [2.45, 2.75) is 0 Å². The van der Waals surface area contributed by atoms with Gasteiger partial charge in [0.05, 0.1) is 5.69 Å². The van der Waals surface area contributed by atoms with E-state index in [2.05, 4.69) is 9.97 Å². The Hall–Kier alpha value is -3.10. The van der Waals surface area contributed by atoms with E-state index in [0.717, 1.165) is 16.7 Å². The first kappa shape index (κ1) is 14.8. The highest BCUT2D eigenvalue weighted by atomic mass is 35.5. The Balaban J connectivity index is 2.08. The second-order valence-corrected chi connectivity index (χ2v) is 5.27. The number of halogens is 1. The van der Waals surface area contributed by atoms with Crippen LogP contribution in [0, 0.1) is 11.3 Å². The van der Waals surface area contributed by atoms with Gasteiger partial charge in [0.15, 0.2) is 0 Å². The number of aromatic nitrogens is 2. The zero-order valence-corrected chi connectivity index (χ0v) is 12.7. The van der Waals surface area contributed by atoms with E-state index in [9.17, 15) is 5.26 Å². The van der Waals surface area contributed by atoms with Crippen LogP contribution in [-0.4, -0.2) is 9.97 Å². The predicted octanol–water partition coefficient (Wildman–Crippen LogP) is 3.50. The highest BCUT2D eigenvalue weighted by Crippen LogP contribution is 2.31. The van der Waals surface area contributed by atoms with Crippen molar-refractivity contribution >= 4 is 23.4 Å². The van der Waals surface area contributed by atoms with Gasteiger partial charge in [0.2, 0.25) is 5.95 Å². The van der Waals surface area contributed by atoms with Crippen LogP contribution >= 0.6 is 11.6 Å². The highest BCUT2D eigenvalue weighted by Gasteiger charge is 2.13. The molecule has 0 unspecified atom stereocenters. The molecule has 4 N–H and O–H groups in total. The third-order valence-electron chi connectivity index (χ3n) is 3.41. The average molecular weight is 322 g/mol. The molecule has 1 aromatic heterocycles. The fraction of sp³-hybridized carbons (Fsp3) is 0. The van der Waals surface area contributed by atoms with Crippen molar-refractivity contribution in [1.82, 2.24) is 9.97 Å². The number of benzene rings is 2. The lowest BCUT2D eigenvalue weighted by atomic mass is 10.0. The molecule has 2 aromatic carbocycles. The summed E-state index contributed by atoms with van der Waals surface area (Å²) >= 11 is 6.21. The molecule has 0 amide bonds. The Kier molecular flexibility index (Phi) is 3.83. The molecule has 0 bridgehead atoms. The van der Waals surface area contributed by atoms with Crippen LogP contribution < -0.4 is 11.5 Å². The first-order chi connectivity index (χ1) is 11.1. The molecule has 3 rings (SSSR count). The summed E-state index contributed by atoms with van der Waals surface area (Å²) in [4.78, 5) is 7.94. The summed E-state index contributed by atoms with van der Waals surface area (Å²) in [6.45, 7) is 0. The molecule has 0 aliphatic heterocycles. The fourth-order valence-electron chi connectivity index (χ4n) is 2.32.